The number of nitrogens with zero attached hydrogens (tertiary/aromatic N) is 5. The molecule has 0 spiro atoms. The zero-order valence-corrected chi connectivity index (χ0v) is 17.7. The van der Waals surface area contributed by atoms with E-state index in [1.165, 1.54) is 11.3 Å². The second kappa shape index (κ2) is 8.44. The van der Waals surface area contributed by atoms with Crippen molar-refractivity contribution in [3.05, 3.63) is 68.4 Å². The molecular weight excluding hydrogens is 410 g/mol. The minimum atomic E-state index is -0.0565. The smallest absolute Gasteiger partial charge is 0.259 e. The number of benzene rings is 1. The molecule has 29 heavy (non-hydrogen) atoms. The number of aryl methyl sites for hydroxylation is 1. The molecule has 9 heteroatoms. The van der Waals surface area contributed by atoms with Crippen molar-refractivity contribution in [3.8, 4) is 11.5 Å². The highest BCUT2D eigenvalue weighted by molar-refractivity contribution is 7.15. The van der Waals surface area contributed by atoms with Gasteiger partial charge in [0.25, 0.3) is 5.56 Å². The van der Waals surface area contributed by atoms with Crippen LogP contribution in [-0.2, 0) is 13.1 Å². The number of thiazole rings is 1. The van der Waals surface area contributed by atoms with E-state index in [4.69, 9.17) is 16.0 Å². The molecule has 4 aromatic rings. The number of rotatable bonds is 7. The molecule has 150 valence electrons. The molecule has 0 unspecified atom stereocenters. The van der Waals surface area contributed by atoms with Crippen LogP contribution in [0.2, 0.25) is 5.02 Å². The fraction of sp³-hybridized carbons (Fsp3) is 0.300. The van der Waals surface area contributed by atoms with Gasteiger partial charge in [-0.1, -0.05) is 30.7 Å². The van der Waals surface area contributed by atoms with E-state index in [1.54, 1.807) is 16.5 Å². The molecule has 0 aliphatic rings. The molecule has 7 nitrogen and oxygen atoms in total. The quantitative estimate of drug-likeness (QED) is 0.438. The Labute approximate surface area is 176 Å². The van der Waals surface area contributed by atoms with Gasteiger partial charge in [-0.25, -0.2) is 4.98 Å². The van der Waals surface area contributed by atoms with Crippen molar-refractivity contribution in [1.29, 1.82) is 0 Å². The van der Waals surface area contributed by atoms with Crippen LogP contribution in [0.25, 0.3) is 16.4 Å². The first-order valence-corrected chi connectivity index (χ1v) is 10.6. The van der Waals surface area contributed by atoms with Gasteiger partial charge in [0.05, 0.1) is 22.8 Å². The Morgan fingerprint density at radius 2 is 2.07 bits per heavy atom. The molecule has 0 saturated carbocycles. The van der Waals surface area contributed by atoms with Gasteiger partial charge in [0, 0.05) is 23.7 Å². The molecule has 0 saturated heterocycles. The Bertz CT molecular complexity index is 1200. The number of hydrogen-bond acceptors (Lipinski definition) is 7. The summed E-state index contributed by atoms with van der Waals surface area (Å²) < 4.78 is 7.46. The lowest BCUT2D eigenvalue weighted by atomic mass is 10.2. The van der Waals surface area contributed by atoms with Gasteiger partial charge in [-0.15, -0.1) is 21.5 Å². The summed E-state index contributed by atoms with van der Waals surface area (Å²) in [5.74, 6) is 0.895. The maximum atomic E-state index is 12.4. The van der Waals surface area contributed by atoms with Crippen molar-refractivity contribution >= 4 is 27.9 Å². The normalized spacial score (nSPS) is 11.6. The Hall–Kier alpha value is -2.55. The largest absolute Gasteiger partial charge is 0.419 e. The van der Waals surface area contributed by atoms with E-state index in [0.29, 0.717) is 40.4 Å². The Morgan fingerprint density at radius 1 is 1.24 bits per heavy atom. The van der Waals surface area contributed by atoms with Gasteiger partial charge in [-0.3, -0.25) is 14.1 Å². The topological polar surface area (TPSA) is 76.5 Å². The zero-order chi connectivity index (χ0) is 20.4. The number of hydrogen-bond donors (Lipinski definition) is 0. The third-order valence-electron chi connectivity index (χ3n) is 4.48. The van der Waals surface area contributed by atoms with Crippen LogP contribution in [0.3, 0.4) is 0 Å². The number of fused-ring (bicyclic) bond motifs is 1. The summed E-state index contributed by atoms with van der Waals surface area (Å²) in [5, 5.41) is 10.8. The molecule has 4 rings (SSSR count). The van der Waals surface area contributed by atoms with Gasteiger partial charge < -0.3 is 4.42 Å². The standard InChI is InChI=1S/C20H20ClN5O2S/c1-3-8-25(10-14-9-18(27)26-13(2)12-29-20(26)22-14)11-17-23-24-19(28-17)15-6-4-5-7-16(15)21/h4-7,9,12H,3,8,10-11H2,1-2H3. The summed E-state index contributed by atoms with van der Waals surface area (Å²) in [6, 6.07) is 8.96. The molecule has 0 radical (unpaired) electrons. The maximum absolute atomic E-state index is 12.4. The van der Waals surface area contributed by atoms with Crippen LogP contribution in [-0.4, -0.2) is 31.0 Å². The van der Waals surface area contributed by atoms with Gasteiger partial charge in [-0.2, -0.15) is 0 Å². The highest BCUT2D eigenvalue weighted by atomic mass is 35.5. The first kappa shape index (κ1) is 19.8. The number of halogens is 1. The van der Waals surface area contributed by atoms with Gasteiger partial charge in [0.1, 0.15) is 0 Å². The number of aromatic nitrogens is 4. The van der Waals surface area contributed by atoms with Crippen molar-refractivity contribution in [1.82, 2.24) is 24.5 Å². The predicted octanol–water partition coefficient (Wildman–Crippen LogP) is 4.18. The van der Waals surface area contributed by atoms with Crippen LogP contribution >= 0.6 is 22.9 Å². The fourth-order valence-electron chi connectivity index (χ4n) is 3.19. The molecule has 0 aliphatic heterocycles. The minimum absolute atomic E-state index is 0.0565. The Balaban J connectivity index is 1.55. The summed E-state index contributed by atoms with van der Waals surface area (Å²) >= 11 is 7.69. The highest BCUT2D eigenvalue weighted by Gasteiger charge is 2.16. The fourth-order valence-corrected chi connectivity index (χ4v) is 4.30. The monoisotopic (exact) mass is 429 g/mol. The van der Waals surface area contributed by atoms with Crippen molar-refractivity contribution in [2.45, 2.75) is 33.4 Å². The molecule has 3 heterocycles. The molecule has 3 aromatic heterocycles. The van der Waals surface area contributed by atoms with Crippen LogP contribution in [0.15, 0.2) is 44.9 Å². The van der Waals surface area contributed by atoms with Gasteiger partial charge in [0.15, 0.2) is 4.96 Å². The second-order valence-electron chi connectivity index (χ2n) is 6.77. The average Bonchev–Trinajstić information content (AvgIpc) is 3.29. The summed E-state index contributed by atoms with van der Waals surface area (Å²) in [6.45, 7) is 5.82. The van der Waals surface area contributed by atoms with E-state index in [1.807, 2.05) is 30.5 Å². The van der Waals surface area contributed by atoms with E-state index in [0.717, 1.165) is 24.4 Å². The lowest BCUT2D eigenvalue weighted by Crippen LogP contribution is -2.26. The van der Waals surface area contributed by atoms with Crippen molar-refractivity contribution in [3.63, 3.8) is 0 Å². The van der Waals surface area contributed by atoms with E-state index in [9.17, 15) is 4.79 Å². The average molecular weight is 430 g/mol. The molecule has 0 atom stereocenters. The Morgan fingerprint density at radius 3 is 2.86 bits per heavy atom. The minimum Gasteiger partial charge on any atom is -0.419 e. The Kier molecular flexibility index (Phi) is 5.75. The molecule has 1 aromatic carbocycles. The van der Waals surface area contributed by atoms with Crippen LogP contribution in [0.5, 0.6) is 0 Å². The van der Waals surface area contributed by atoms with Crippen molar-refractivity contribution in [2.75, 3.05) is 6.54 Å². The summed E-state index contributed by atoms with van der Waals surface area (Å²) in [7, 11) is 0. The second-order valence-corrected chi connectivity index (χ2v) is 8.02. The van der Waals surface area contributed by atoms with E-state index in [-0.39, 0.29) is 5.56 Å². The molecule has 0 amide bonds. The summed E-state index contributed by atoms with van der Waals surface area (Å²) in [5.41, 5.74) is 2.29. The van der Waals surface area contributed by atoms with Crippen LogP contribution < -0.4 is 5.56 Å². The lowest BCUT2D eigenvalue weighted by Gasteiger charge is -2.19. The third kappa shape index (κ3) is 4.24. The van der Waals surface area contributed by atoms with Gasteiger partial charge in [0.2, 0.25) is 11.8 Å². The highest BCUT2D eigenvalue weighted by Crippen LogP contribution is 2.26. The third-order valence-corrected chi connectivity index (χ3v) is 5.76. The maximum Gasteiger partial charge on any atom is 0.259 e. The SMILES string of the molecule is CCCN(Cc1cc(=O)n2c(C)csc2n1)Cc1nnc(-c2ccccc2Cl)o1. The predicted molar refractivity (Wildman–Crippen MR) is 113 cm³/mol. The lowest BCUT2D eigenvalue weighted by molar-refractivity contribution is 0.229. The van der Waals surface area contributed by atoms with Crippen molar-refractivity contribution in [2.24, 2.45) is 0 Å². The van der Waals surface area contributed by atoms with Crippen LogP contribution in [0, 0.1) is 6.92 Å². The van der Waals surface area contributed by atoms with Gasteiger partial charge in [-0.05, 0) is 32.0 Å². The van der Waals surface area contributed by atoms with Gasteiger partial charge >= 0.3 is 0 Å². The molecule has 0 fully saturated rings. The molecular formula is C20H20ClN5O2S. The summed E-state index contributed by atoms with van der Waals surface area (Å²) in [4.78, 5) is 19.9. The summed E-state index contributed by atoms with van der Waals surface area (Å²) in [6.07, 6.45) is 0.949. The zero-order valence-electron chi connectivity index (χ0n) is 16.1. The van der Waals surface area contributed by atoms with Crippen molar-refractivity contribution < 1.29 is 4.42 Å². The molecule has 0 bridgehead atoms. The van der Waals surface area contributed by atoms with E-state index in [2.05, 4.69) is 27.0 Å². The van der Waals surface area contributed by atoms with Crippen LogP contribution in [0.4, 0.5) is 0 Å². The molecule has 0 aliphatic carbocycles. The van der Waals surface area contributed by atoms with Crippen LogP contribution in [0.1, 0.15) is 30.6 Å². The molecule has 0 N–H and O–H groups in total. The first-order chi connectivity index (χ1) is 14.0. The van der Waals surface area contributed by atoms with E-state index >= 15 is 0 Å². The van der Waals surface area contributed by atoms with E-state index < -0.39 is 0 Å². The first-order valence-electron chi connectivity index (χ1n) is 9.31.